The Morgan fingerprint density at radius 2 is 0.791 bits per heavy atom. The summed E-state index contributed by atoms with van der Waals surface area (Å²) in [6.07, 6.45) is 17.7. The monoisotopic (exact) mass is 656 g/mol. The molecule has 0 aromatic rings. The number of rotatable bonds is 29. The lowest BCUT2D eigenvalue weighted by atomic mass is 10.4. The smallest absolute Gasteiger partial charge is 0.462 e. The third kappa shape index (κ3) is 13.9. The maximum absolute atomic E-state index is 12.2. The highest BCUT2D eigenvalue weighted by atomic mass is 28.5. The van der Waals surface area contributed by atoms with Crippen LogP contribution in [0.3, 0.4) is 0 Å². The largest absolute Gasteiger partial charge is 0.469 e. The van der Waals surface area contributed by atoms with Gasteiger partial charge in [0, 0.05) is 11.6 Å². The lowest BCUT2D eigenvalue weighted by Gasteiger charge is -2.48. The quantitative estimate of drug-likeness (QED) is 0.0264. The minimum absolute atomic E-state index is 0.188. The molecule has 0 spiro atoms. The van der Waals surface area contributed by atoms with E-state index in [0.717, 1.165) is 0 Å². The van der Waals surface area contributed by atoms with E-state index in [2.05, 4.69) is 65.8 Å². The zero-order chi connectivity index (χ0) is 32.8. The molecule has 238 valence electrons. The van der Waals surface area contributed by atoms with Gasteiger partial charge in [-0.25, -0.2) is 4.79 Å². The van der Waals surface area contributed by atoms with Crippen molar-refractivity contribution >= 4 is 39.7 Å². The summed E-state index contributed by atoms with van der Waals surface area (Å²) in [6, 6.07) is 6.54. The van der Waals surface area contributed by atoms with Gasteiger partial charge < -0.3 is 17.1 Å². The van der Waals surface area contributed by atoms with Gasteiger partial charge in [-0.1, -0.05) is 61.3 Å². The Balaban J connectivity index is 7.55. The Kier molecular flexibility index (Phi) is 20.2. The standard InChI is InChI=1S/C34H56O5Si4/c1-12-23-40(24-13-2,25-14-3)37-43(32-21-22-36-34(35)33(10)11,38-41(26-15-4,27-16-5)28-17-6)39-42(29-18-7,30-19-8)31-20-9/h12-20H,1-10,21-32H2,11H3. The fourth-order valence-electron chi connectivity index (χ4n) is 5.27. The minimum Gasteiger partial charge on any atom is -0.462 e. The van der Waals surface area contributed by atoms with E-state index >= 15 is 0 Å². The molecule has 5 nitrogen and oxygen atoms in total. The zero-order valence-corrected chi connectivity index (χ0v) is 30.8. The van der Waals surface area contributed by atoms with Crippen molar-refractivity contribution in [1.29, 1.82) is 0 Å². The Hall–Kier alpha value is -2.38. The molecule has 0 unspecified atom stereocenters. The molecule has 0 aromatic heterocycles. The first-order chi connectivity index (χ1) is 20.5. The second-order valence-corrected chi connectivity index (χ2v) is 26.1. The molecule has 0 aliphatic rings. The van der Waals surface area contributed by atoms with Crippen molar-refractivity contribution < 1.29 is 21.9 Å². The zero-order valence-electron chi connectivity index (χ0n) is 26.8. The van der Waals surface area contributed by atoms with E-state index in [4.69, 9.17) is 17.1 Å². The lowest BCUT2D eigenvalue weighted by Crippen LogP contribution is -2.64. The molecule has 0 aliphatic carbocycles. The number of ether oxygens (including phenoxy) is 1. The SMILES string of the molecule is C=CC[Si](CC=C)(CC=C)O[Si](CCCOC(=O)C(=C)C)(O[Si](CC=C)(CC=C)CC=C)O[Si](CC=C)(CC=C)CC=C. The molecule has 0 aromatic carbocycles. The molecule has 0 saturated heterocycles. The van der Waals surface area contributed by atoms with Crippen LogP contribution in [0.2, 0.25) is 60.4 Å². The molecule has 0 heterocycles. The van der Waals surface area contributed by atoms with Crippen molar-refractivity contribution in [2.75, 3.05) is 6.61 Å². The predicted octanol–water partition coefficient (Wildman–Crippen LogP) is 9.99. The predicted molar refractivity (Wildman–Crippen MR) is 197 cm³/mol. The minimum atomic E-state index is -3.59. The van der Waals surface area contributed by atoms with Crippen LogP contribution in [0.25, 0.3) is 0 Å². The average Bonchev–Trinajstić information content (AvgIpc) is 2.92. The molecule has 0 radical (unpaired) electrons. The summed E-state index contributed by atoms with van der Waals surface area (Å²) in [7, 11) is -11.5. The average molecular weight is 657 g/mol. The van der Waals surface area contributed by atoms with Crippen LogP contribution in [0.1, 0.15) is 13.3 Å². The van der Waals surface area contributed by atoms with Gasteiger partial charge in [0.15, 0.2) is 25.0 Å². The van der Waals surface area contributed by atoms with Gasteiger partial charge in [0.1, 0.15) is 0 Å². The highest BCUT2D eigenvalue weighted by Gasteiger charge is 2.56. The highest BCUT2D eigenvalue weighted by Crippen LogP contribution is 2.40. The van der Waals surface area contributed by atoms with Crippen molar-refractivity contribution in [3.63, 3.8) is 0 Å². The molecule has 0 N–H and O–H groups in total. The van der Waals surface area contributed by atoms with Crippen molar-refractivity contribution in [2.45, 2.75) is 73.8 Å². The first-order valence-electron chi connectivity index (χ1n) is 14.9. The third-order valence-electron chi connectivity index (χ3n) is 6.97. The number of hydrogen-bond acceptors (Lipinski definition) is 5. The first kappa shape index (κ1) is 40.6. The topological polar surface area (TPSA) is 54.0 Å². The molecule has 43 heavy (non-hydrogen) atoms. The molecule has 0 atom stereocenters. The van der Waals surface area contributed by atoms with Gasteiger partial charge in [0.05, 0.1) is 6.61 Å². The van der Waals surface area contributed by atoms with Gasteiger partial charge in [0.25, 0.3) is 0 Å². The van der Waals surface area contributed by atoms with E-state index in [-0.39, 0.29) is 6.61 Å². The van der Waals surface area contributed by atoms with E-state index in [1.807, 2.05) is 54.7 Å². The third-order valence-corrected chi connectivity index (χ3v) is 26.2. The summed E-state index contributed by atoms with van der Waals surface area (Å²) in [5.74, 6) is -0.425. The van der Waals surface area contributed by atoms with Gasteiger partial charge in [0.2, 0.25) is 0 Å². The highest BCUT2D eigenvalue weighted by molar-refractivity contribution is 6.93. The second-order valence-electron chi connectivity index (χ2n) is 11.0. The lowest BCUT2D eigenvalue weighted by molar-refractivity contribution is -0.139. The summed E-state index contributed by atoms with van der Waals surface area (Å²) in [5, 5.41) is 0. The molecular weight excluding hydrogens is 601 g/mol. The fourth-order valence-corrected chi connectivity index (χ4v) is 25.9. The van der Waals surface area contributed by atoms with E-state index in [0.29, 0.717) is 72.4 Å². The van der Waals surface area contributed by atoms with E-state index < -0.39 is 39.7 Å². The first-order valence-corrected chi connectivity index (χ1v) is 24.4. The number of carbonyl (C=O) groups excluding carboxylic acids is 1. The van der Waals surface area contributed by atoms with Crippen LogP contribution in [0.15, 0.2) is 126 Å². The van der Waals surface area contributed by atoms with Crippen molar-refractivity contribution in [1.82, 2.24) is 0 Å². The molecule has 0 saturated carbocycles. The van der Waals surface area contributed by atoms with Crippen LogP contribution in [0.4, 0.5) is 0 Å². The number of esters is 1. The van der Waals surface area contributed by atoms with Crippen LogP contribution in [0, 0.1) is 0 Å². The second kappa shape index (κ2) is 21.3. The molecule has 0 aliphatic heterocycles. The van der Waals surface area contributed by atoms with Gasteiger partial charge in [-0.15, -0.1) is 59.2 Å². The Morgan fingerprint density at radius 3 is 1.00 bits per heavy atom. The van der Waals surface area contributed by atoms with Gasteiger partial charge >= 0.3 is 14.8 Å². The summed E-state index contributed by atoms with van der Waals surface area (Å²) in [6.45, 7) is 42.1. The van der Waals surface area contributed by atoms with Crippen molar-refractivity contribution in [2.24, 2.45) is 0 Å². The van der Waals surface area contributed by atoms with Crippen LogP contribution in [-0.4, -0.2) is 46.3 Å². The van der Waals surface area contributed by atoms with Crippen molar-refractivity contribution in [3.8, 4) is 0 Å². The summed E-state index contributed by atoms with van der Waals surface area (Å²) >= 11 is 0. The van der Waals surface area contributed by atoms with E-state index in [1.165, 1.54) is 0 Å². The van der Waals surface area contributed by atoms with E-state index in [1.54, 1.807) is 6.92 Å². The number of carbonyl (C=O) groups is 1. The summed E-state index contributed by atoms with van der Waals surface area (Å²) in [5.41, 5.74) is 0.352. The van der Waals surface area contributed by atoms with Gasteiger partial charge in [-0.05, 0) is 67.7 Å². The van der Waals surface area contributed by atoms with Gasteiger partial charge in [-0.3, -0.25) is 0 Å². The summed E-state index contributed by atoms with van der Waals surface area (Å²) in [4.78, 5) is 12.2. The van der Waals surface area contributed by atoms with E-state index in [9.17, 15) is 4.79 Å². The van der Waals surface area contributed by atoms with Crippen LogP contribution < -0.4 is 0 Å². The van der Waals surface area contributed by atoms with Gasteiger partial charge in [-0.2, -0.15) is 0 Å². The molecule has 0 bridgehead atoms. The fraction of sp³-hybridized carbons (Fsp3) is 0.382. The number of allylic oxidation sites excluding steroid dienone is 9. The maximum Gasteiger partial charge on any atom is 0.469 e. The van der Waals surface area contributed by atoms with Crippen LogP contribution in [-0.2, 0) is 21.9 Å². The normalized spacial score (nSPS) is 11.9. The Morgan fingerprint density at radius 1 is 0.535 bits per heavy atom. The maximum atomic E-state index is 12.2. The summed E-state index contributed by atoms with van der Waals surface area (Å²) < 4.78 is 28.1. The van der Waals surface area contributed by atoms with Crippen LogP contribution >= 0.6 is 0 Å². The Bertz CT molecular complexity index is 825. The Labute approximate surface area is 267 Å². The molecule has 0 amide bonds. The molecule has 9 heteroatoms. The number of hydrogen-bond donors (Lipinski definition) is 0. The van der Waals surface area contributed by atoms with Crippen LogP contribution in [0.5, 0.6) is 0 Å². The van der Waals surface area contributed by atoms with Crippen molar-refractivity contribution in [3.05, 3.63) is 126 Å². The molecule has 0 fully saturated rings. The molecule has 0 rings (SSSR count). The molecular formula is C34H56O5Si4.